The second-order valence-electron chi connectivity index (χ2n) is 9.58. The van der Waals surface area contributed by atoms with Gasteiger partial charge in [-0.15, -0.1) is 0 Å². The molecule has 0 bridgehead atoms. The van der Waals surface area contributed by atoms with E-state index in [1.165, 1.54) is 13.8 Å². The molecule has 0 fully saturated rings. The molecule has 10 nitrogen and oxygen atoms in total. The van der Waals surface area contributed by atoms with Crippen LogP contribution in [0.2, 0.25) is 0 Å². The summed E-state index contributed by atoms with van der Waals surface area (Å²) in [6.07, 6.45) is 1.89. The standard InChI is InChI=1S/C31H36N4O6/c1-7-8-27-24-17-29(40-6)28(39-5)16-23(24)25(31(35-27)41-19(3)37)15-21-13-20-14-22(38-4)9-10-26(20)34-30(21)33-12-11-32-18(2)36/h9-10,13-14,16-17H,7-8,11-12,15H2,1-6H3,(H,32,36)(H,33,34). The van der Waals surface area contributed by atoms with E-state index < -0.39 is 5.97 Å². The van der Waals surface area contributed by atoms with Gasteiger partial charge >= 0.3 is 5.97 Å². The summed E-state index contributed by atoms with van der Waals surface area (Å²) in [5.74, 6) is 2.18. The maximum absolute atomic E-state index is 12.2. The molecular weight excluding hydrogens is 524 g/mol. The highest BCUT2D eigenvalue weighted by atomic mass is 16.5. The van der Waals surface area contributed by atoms with Crippen molar-refractivity contribution in [2.45, 2.75) is 40.0 Å². The molecule has 0 spiro atoms. The molecule has 216 valence electrons. The van der Waals surface area contributed by atoms with Crippen LogP contribution in [0.1, 0.15) is 44.0 Å². The number of fused-ring (bicyclic) bond motifs is 2. The van der Waals surface area contributed by atoms with Crippen LogP contribution in [0.4, 0.5) is 5.82 Å². The van der Waals surface area contributed by atoms with Gasteiger partial charge in [-0.2, -0.15) is 0 Å². The molecular formula is C31H36N4O6. The Hall–Kier alpha value is -4.60. The summed E-state index contributed by atoms with van der Waals surface area (Å²) in [5, 5.41) is 8.78. The number of nitrogens with zero attached hydrogens (tertiary/aromatic N) is 2. The number of esters is 1. The van der Waals surface area contributed by atoms with Crippen molar-refractivity contribution in [2.75, 3.05) is 39.7 Å². The first-order valence-electron chi connectivity index (χ1n) is 13.5. The zero-order valence-electron chi connectivity index (χ0n) is 24.3. The number of ether oxygens (including phenoxy) is 4. The molecule has 0 aliphatic rings. The van der Waals surface area contributed by atoms with Gasteiger partial charge in [0.05, 0.1) is 32.5 Å². The van der Waals surface area contributed by atoms with Crippen LogP contribution in [0.15, 0.2) is 36.4 Å². The van der Waals surface area contributed by atoms with Crippen LogP contribution in [0.25, 0.3) is 21.7 Å². The first kappa shape index (κ1) is 29.4. The van der Waals surface area contributed by atoms with Gasteiger partial charge < -0.3 is 29.6 Å². The molecule has 2 N–H and O–H groups in total. The first-order chi connectivity index (χ1) is 19.8. The summed E-state index contributed by atoms with van der Waals surface area (Å²) in [7, 11) is 4.80. The summed E-state index contributed by atoms with van der Waals surface area (Å²) in [6, 6.07) is 11.5. The number of pyridine rings is 2. The Labute approximate surface area is 239 Å². The maximum atomic E-state index is 12.2. The van der Waals surface area contributed by atoms with Crippen LogP contribution < -0.4 is 29.6 Å². The van der Waals surface area contributed by atoms with E-state index in [4.69, 9.17) is 28.9 Å². The Morgan fingerprint density at radius 1 is 0.878 bits per heavy atom. The van der Waals surface area contributed by atoms with E-state index in [9.17, 15) is 9.59 Å². The highest BCUT2D eigenvalue weighted by Gasteiger charge is 2.21. The third-order valence-electron chi connectivity index (χ3n) is 6.64. The topological polar surface area (TPSA) is 121 Å². The molecule has 4 rings (SSSR count). The minimum atomic E-state index is -0.462. The molecule has 2 heterocycles. The van der Waals surface area contributed by atoms with Gasteiger partial charge in [-0.05, 0) is 53.8 Å². The number of methoxy groups -OCH3 is 3. The minimum Gasteiger partial charge on any atom is -0.497 e. The number of hydrogen-bond donors (Lipinski definition) is 2. The zero-order chi connectivity index (χ0) is 29.5. The second-order valence-corrected chi connectivity index (χ2v) is 9.58. The summed E-state index contributed by atoms with van der Waals surface area (Å²) in [5.41, 5.74) is 3.15. The number of nitrogens with one attached hydrogen (secondary N) is 2. The zero-order valence-corrected chi connectivity index (χ0v) is 24.3. The van der Waals surface area contributed by atoms with Gasteiger partial charge in [0, 0.05) is 49.7 Å². The summed E-state index contributed by atoms with van der Waals surface area (Å²) in [4.78, 5) is 33.3. The highest BCUT2D eigenvalue weighted by molar-refractivity contribution is 5.93. The Bertz CT molecular complexity index is 1590. The molecule has 0 atom stereocenters. The monoisotopic (exact) mass is 560 g/mol. The molecule has 1 amide bonds. The predicted molar refractivity (Wildman–Crippen MR) is 158 cm³/mol. The van der Waals surface area contributed by atoms with Crippen molar-refractivity contribution in [2.24, 2.45) is 0 Å². The van der Waals surface area contributed by atoms with Crippen LogP contribution in [0.3, 0.4) is 0 Å². The van der Waals surface area contributed by atoms with Crippen LogP contribution in [-0.4, -0.2) is 56.3 Å². The van der Waals surface area contributed by atoms with Gasteiger partial charge in [-0.1, -0.05) is 13.3 Å². The molecule has 10 heteroatoms. The molecule has 0 aliphatic carbocycles. The maximum Gasteiger partial charge on any atom is 0.309 e. The van der Waals surface area contributed by atoms with E-state index in [2.05, 4.69) is 17.6 Å². The smallest absolute Gasteiger partial charge is 0.309 e. The largest absolute Gasteiger partial charge is 0.497 e. The SMILES string of the molecule is CCCc1nc(OC(C)=O)c(Cc2cc3cc(OC)ccc3nc2NCCNC(C)=O)c2cc(OC)c(OC)cc12. The minimum absolute atomic E-state index is 0.106. The normalized spacial score (nSPS) is 10.9. The van der Waals surface area contributed by atoms with E-state index in [0.29, 0.717) is 54.6 Å². The van der Waals surface area contributed by atoms with Gasteiger partial charge in [0.2, 0.25) is 11.8 Å². The van der Waals surface area contributed by atoms with Gasteiger partial charge in [0.25, 0.3) is 0 Å². The lowest BCUT2D eigenvalue weighted by Gasteiger charge is -2.19. The van der Waals surface area contributed by atoms with Crippen molar-refractivity contribution < 1.29 is 28.5 Å². The van der Waals surface area contributed by atoms with Crippen molar-refractivity contribution in [3.8, 4) is 23.1 Å². The fourth-order valence-electron chi connectivity index (χ4n) is 4.77. The van der Waals surface area contributed by atoms with E-state index >= 15 is 0 Å². The Balaban J connectivity index is 1.93. The predicted octanol–water partition coefficient (Wildman–Crippen LogP) is 4.83. The second kappa shape index (κ2) is 13.2. The quantitative estimate of drug-likeness (QED) is 0.185. The van der Waals surface area contributed by atoms with Crippen LogP contribution in [0, 0.1) is 0 Å². The molecule has 0 radical (unpaired) electrons. The third kappa shape index (κ3) is 6.77. The van der Waals surface area contributed by atoms with Gasteiger partial charge in [0.15, 0.2) is 11.5 Å². The van der Waals surface area contributed by atoms with E-state index in [1.807, 2.05) is 36.4 Å². The summed E-state index contributed by atoms with van der Waals surface area (Å²) >= 11 is 0. The molecule has 2 aromatic carbocycles. The lowest BCUT2D eigenvalue weighted by Crippen LogP contribution is -2.26. The summed E-state index contributed by atoms with van der Waals surface area (Å²) < 4.78 is 22.4. The number of benzene rings is 2. The average Bonchev–Trinajstić information content (AvgIpc) is 2.95. The molecule has 4 aromatic rings. The molecule has 2 aromatic heterocycles. The number of aryl methyl sites for hydroxylation is 1. The lowest BCUT2D eigenvalue weighted by molar-refractivity contribution is -0.132. The fraction of sp³-hybridized carbons (Fsp3) is 0.355. The molecule has 0 saturated carbocycles. The number of rotatable bonds is 12. The van der Waals surface area contributed by atoms with Crippen molar-refractivity contribution in [1.29, 1.82) is 0 Å². The van der Waals surface area contributed by atoms with Crippen LogP contribution in [0.5, 0.6) is 23.1 Å². The number of carbonyl (C=O) groups is 2. The van der Waals surface area contributed by atoms with Crippen molar-refractivity contribution in [3.63, 3.8) is 0 Å². The number of aromatic nitrogens is 2. The molecule has 0 unspecified atom stereocenters. The summed E-state index contributed by atoms with van der Waals surface area (Å²) in [6.45, 7) is 5.82. The molecule has 0 saturated heterocycles. The van der Waals surface area contributed by atoms with Gasteiger partial charge in [0.1, 0.15) is 11.6 Å². The van der Waals surface area contributed by atoms with Crippen LogP contribution in [-0.2, 0) is 22.4 Å². The van der Waals surface area contributed by atoms with Crippen molar-refractivity contribution in [3.05, 3.63) is 53.2 Å². The number of hydrogen-bond acceptors (Lipinski definition) is 9. The number of carbonyl (C=O) groups excluding carboxylic acids is 2. The Morgan fingerprint density at radius 3 is 2.24 bits per heavy atom. The highest BCUT2D eigenvalue weighted by Crippen LogP contribution is 2.39. The third-order valence-corrected chi connectivity index (χ3v) is 6.64. The first-order valence-corrected chi connectivity index (χ1v) is 13.5. The van der Waals surface area contributed by atoms with Crippen LogP contribution >= 0.6 is 0 Å². The number of anilines is 1. The van der Waals surface area contributed by atoms with E-state index in [-0.39, 0.29) is 11.8 Å². The molecule has 0 aliphatic heterocycles. The Kier molecular flexibility index (Phi) is 9.44. The van der Waals surface area contributed by atoms with Crippen molar-refractivity contribution >= 4 is 39.4 Å². The van der Waals surface area contributed by atoms with Gasteiger partial charge in [-0.25, -0.2) is 9.97 Å². The number of amides is 1. The average molecular weight is 561 g/mol. The lowest BCUT2D eigenvalue weighted by atomic mass is 9.96. The molecule has 41 heavy (non-hydrogen) atoms. The van der Waals surface area contributed by atoms with Crippen molar-refractivity contribution in [1.82, 2.24) is 15.3 Å². The van der Waals surface area contributed by atoms with E-state index in [1.54, 1.807) is 21.3 Å². The van der Waals surface area contributed by atoms with E-state index in [0.717, 1.165) is 39.4 Å². The fourth-order valence-corrected chi connectivity index (χ4v) is 4.77. The Morgan fingerprint density at radius 2 is 1.61 bits per heavy atom. The van der Waals surface area contributed by atoms with Gasteiger partial charge in [-0.3, -0.25) is 9.59 Å².